The van der Waals surface area contributed by atoms with Gasteiger partial charge in [0.15, 0.2) is 0 Å². The number of ether oxygens (including phenoxy) is 1. The SMILES string of the molecule is CC(=O)N[C@H]1CC2CCC1CN2Cc1coc2cc(OC3Nc4ncccc4S3)ccc12. The molecular weight excluding hydrogens is 424 g/mol. The number of thioether (sulfide) groups is 1. The molecule has 1 aromatic carbocycles. The zero-order chi connectivity index (χ0) is 21.7. The fourth-order valence-corrected chi connectivity index (χ4v) is 6.29. The van der Waals surface area contributed by atoms with E-state index in [4.69, 9.17) is 9.15 Å². The summed E-state index contributed by atoms with van der Waals surface area (Å²) in [4.78, 5) is 19.5. The molecule has 2 N–H and O–H groups in total. The van der Waals surface area contributed by atoms with Gasteiger partial charge in [0, 0.05) is 55.3 Å². The number of anilines is 1. The van der Waals surface area contributed by atoms with Gasteiger partial charge in [-0.2, -0.15) is 0 Å². The molecule has 7 nitrogen and oxygen atoms in total. The van der Waals surface area contributed by atoms with Gasteiger partial charge in [-0.25, -0.2) is 4.98 Å². The molecule has 2 saturated heterocycles. The lowest BCUT2D eigenvalue weighted by atomic mass is 9.76. The van der Waals surface area contributed by atoms with E-state index in [1.54, 1.807) is 24.9 Å². The molecule has 3 aromatic rings. The number of nitrogens with one attached hydrogen (secondary N) is 2. The van der Waals surface area contributed by atoms with Crippen LogP contribution in [0.25, 0.3) is 11.0 Å². The van der Waals surface area contributed by atoms with E-state index in [0.29, 0.717) is 18.0 Å². The molecule has 1 amide bonds. The molecule has 2 bridgehead atoms. The highest BCUT2D eigenvalue weighted by molar-refractivity contribution is 8.00. The monoisotopic (exact) mass is 450 g/mol. The first-order valence-corrected chi connectivity index (χ1v) is 12.1. The minimum Gasteiger partial charge on any atom is -0.464 e. The third-order valence-corrected chi connectivity index (χ3v) is 7.85. The summed E-state index contributed by atoms with van der Waals surface area (Å²) in [5, 5.41) is 7.58. The fourth-order valence-electron chi connectivity index (χ4n) is 5.35. The predicted molar refractivity (Wildman–Crippen MR) is 123 cm³/mol. The van der Waals surface area contributed by atoms with E-state index in [0.717, 1.165) is 46.9 Å². The predicted octanol–water partition coefficient (Wildman–Crippen LogP) is 4.20. The summed E-state index contributed by atoms with van der Waals surface area (Å²) in [6.07, 6.45) is 7.11. The number of rotatable bonds is 5. The van der Waals surface area contributed by atoms with Crippen LogP contribution in [-0.2, 0) is 11.3 Å². The summed E-state index contributed by atoms with van der Waals surface area (Å²) in [5.74, 6) is 2.25. The third kappa shape index (κ3) is 3.71. The Morgan fingerprint density at radius 2 is 2.31 bits per heavy atom. The average molecular weight is 451 g/mol. The Hall–Kier alpha value is -2.71. The number of hydrogen-bond acceptors (Lipinski definition) is 7. The van der Waals surface area contributed by atoms with Crippen LogP contribution in [0.15, 0.2) is 52.1 Å². The van der Waals surface area contributed by atoms with Crippen LogP contribution in [0.2, 0.25) is 0 Å². The molecule has 3 fully saturated rings. The number of carbonyl (C=O) groups is 1. The fraction of sp³-hybridized carbons (Fsp3) is 0.417. The number of fused-ring (bicyclic) bond motifs is 5. The molecule has 8 heteroatoms. The average Bonchev–Trinajstić information content (AvgIpc) is 3.37. The minimum absolute atomic E-state index is 0.0827. The van der Waals surface area contributed by atoms with Crippen LogP contribution in [0.4, 0.5) is 5.82 Å². The molecule has 7 rings (SSSR count). The van der Waals surface area contributed by atoms with Crippen LogP contribution in [0, 0.1) is 5.92 Å². The van der Waals surface area contributed by atoms with Crippen molar-refractivity contribution in [3.63, 3.8) is 0 Å². The Labute approximate surface area is 190 Å². The quantitative estimate of drug-likeness (QED) is 0.603. The van der Waals surface area contributed by atoms with Gasteiger partial charge in [0.1, 0.15) is 17.2 Å². The molecule has 5 heterocycles. The smallest absolute Gasteiger partial charge is 0.224 e. The number of carbonyl (C=O) groups excluding carboxylic acids is 1. The molecule has 1 aliphatic carbocycles. The van der Waals surface area contributed by atoms with Gasteiger partial charge >= 0.3 is 0 Å². The maximum atomic E-state index is 11.5. The lowest BCUT2D eigenvalue weighted by Gasteiger charge is -2.49. The zero-order valence-electron chi connectivity index (χ0n) is 17.9. The number of benzene rings is 1. The highest BCUT2D eigenvalue weighted by Crippen LogP contribution is 2.39. The molecule has 3 aliphatic heterocycles. The molecular formula is C24H26N4O3S. The van der Waals surface area contributed by atoms with E-state index in [9.17, 15) is 4.79 Å². The van der Waals surface area contributed by atoms with Crippen LogP contribution in [0.1, 0.15) is 31.7 Å². The number of amides is 1. The van der Waals surface area contributed by atoms with Gasteiger partial charge in [0.05, 0.1) is 11.2 Å². The summed E-state index contributed by atoms with van der Waals surface area (Å²) >= 11 is 1.62. The summed E-state index contributed by atoms with van der Waals surface area (Å²) in [7, 11) is 0. The Morgan fingerprint density at radius 3 is 3.12 bits per heavy atom. The first-order valence-electron chi connectivity index (χ1n) is 11.2. The van der Waals surface area contributed by atoms with E-state index < -0.39 is 0 Å². The Balaban J connectivity index is 1.13. The summed E-state index contributed by atoms with van der Waals surface area (Å²) in [6.45, 7) is 3.53. The first kappa shape index (κ1) is 19.9. The standard InChI is InChI=1S/C24H26N4O3S/c1-14(29)26-20-9-17-5-4-15(20)11-28(17)12-16-13-30-21-10-18(6-7-19(16)21)31-24-27-23-22(32-24)3-2-8-25-23/h2-3,6-8,10,13,15,17,20,24H,4-5,9,11-12H2,1H3,(H,25,27)(H,26,29)/t15?,17?,20-,24?/m0/s1. The molecule has 4 atom stereocenters. The van der Waals surface area contributed by atoms with E-state index >= 15 is 0 Å². The van der Waals surface area contributed by atoms with E-state index in [2.05, 4.69) is 26.6 Å². The van der Waals surface area contributed by atoms with Gasteiger partial charge < -0.3 is 19.8 Å². The van der Waals surface area contributed by atoms with Crippen molar-refractivity contribution in [2.45, 2.75) is 55.3 Å². The molecule has 3 unspecified atom stereocenters. The van der Waals surface area contributed by atoms with Crippen molar-refractivity contribution in [2.75, 3.05) is 11.9 Å². The molecule has 4 aliphatic rings. The van der Waals surface area contributed by atoms with Gasteiger partial charge in [0.2, 0.25) is 11.5 Å². The Bertz CT molecular complexity index is 1140. The topological polar surface area (TPSA) is 79.6 Å². The van der Waals surface area contributed by atoms with Crippen LogP contribution in [0.3, 0.4) is 0 Å². The van der Waals surface area contributed by atoms with E-state index in [1.807, 2.05) is 30.5 Å². The van der Waals surface area contributed by atoms with Crippen molar-refractivity contribution in [1.82, 2.24) is 15.2 Å². The van der Waals surface area contributed by atoms with E-state index in [-0.39, 0.29) is 11.5 Å². The van der Waals surface area contributed by atoms with Crippen LogP contribution in [-0.4, -0.2) is 40.0 Å². The van der Waals surface area contributed by atoms with Crippen molar-refractivity contribution in [2.24, 2.45) is 5.92 Å². The molecule has 2 aromatic heterocycles. The third-order valence-electron chi connectivity index (χ3n) is 6.84. The molecule has 1 saturated carbocycles. The second-order valence-electron chi connectivity index (χ2n) is 8.94. The van der Waals surface area contributed by atoms with Crippen molar-refractivity contribution in [1.29, 1.82) is 0 Å². The summed E-state index contributed by atoms with van der Waals surface area (Å²) in [6, 6.07) is 10.9. The number of hydrogen-bond donors (Lipinski definition) is 2. The lowest BCUT2D eigenvalue weighted by molar-refractivity contribution is -0.121. The summed E-state index contributed by atoms with van der Waals surface area (Å²) < 4.78 is 12.0. The largest absolute Gasteiger partial charge is 0.464 e. The number of piperidine rings is 2. The molecule has 0 spiro atoms. The highest BCUT2D eigenvalue weighted by Gasteiger charge is 2.40. The normalized spacial score (nSPS) is 26.7. The number of nitrogens with zero attached hydrogens (tertiary/aromatic N) is 2. The number of aromatic nitrogens is 1. The van der Waals surface area contributed by atoms with Crippen molar-refractivity contribution < 1.29 is 13.9 Å². The second kappa shape index (κ2) is 8.01. The van der Waals surface area contributed by atoms with E-state index in [1.165, 1.54) is 18.4 Å². The Kier molecular flexibility index (Phi) is 4.99. The Morgan fingerprint density at radius 1 is 1.38 bits per heavy atom. The number of furan rings is 1. The van der Waals surface area contributed by atoms with Gasteiger partial charge in [-0.05, 0) is 49.4 Å². The summed E-state index contributed by atoms with van der Waals surface area (Å²) in [5.41, 5.74) is 1.85. The van der Waals surface area contributed by atoms with Crippen LogP contribution >= 0.6 is 11.8 Å². The lowest BCUT2D eigenvalue weighted by Crippen LogP contribution is -2.58. The maximum absolute atomic E-state index is 11.5. The zero-order valence-corrected chi connectivity index (χ0v) is 18.7. The van der Waals surface area contributed by atoms with Crippen molar-refractivity contribution in [3.8, 4) is 5.75 Å². The molecule has 32 heavy (non-hydrogen) atoms. The molecule has 166 valence electrons. The molecule has 0 radical (unpaired) electrons. The van der Waals surface area contributed by atoms with Crippen LogP contribution in [0.5, 0.6) is 5.75 Å². The maximum Gasteiger partial charge on any atom is 0.224 e. The van der Waals surface area contributed by atoms with Gasteiger partial charge in [0.25, 0.3) is 0 Å². The van der Waals surface area contributed by atoms with Gasteiger partial charge in [-0.1, -0.05) is 11.8 Å². The number of pyridine rings is 1. The van der Waals surface area contributed by atoms with Crippen molar-refractivity contribution >= 4 is 34.5 Å². The second-order valence-corrected chi connectivity index (χ2v) is 10.0. The van der Waals surface area contributed by atoms with Gasteiger partial charge in [-0.3, -0.25) is 9.69 Å². The van der Waals surface area contributed by atoms with Crippen LogP contribution < -0.4 is 15.4 Å². The first-order chi connectivity index (χ1) is 15.6. The van der Waals surface area contributed by atoms with Gasteiger partial charge in [-0.15, -0.1) is 0 Å². The highest BCUT2D eigenvalue weighted by atomic mass is 32.2. The minimum atomic E-state index is -0.202. The van der Waals surface area contributed by atoms with Crippen molar-refractivity contribution in [3.05, 3.63) is 48.4 Å².